The number of likely N-dealkylation sites (N-methyl/N-ethyl adjacent to an activating group) is 1. The molecule has 0 bridgehead atoms. The monoisotopic (exact) mass is 281 g/mol. The highest BCUT2D eigenvalue weighted by atomic mass is 32.1. The predicted molar refractivity (Wildman–Crippen MR) is 77.4 cm³/mol. The molecule has 1 aromatic heterocycles. The maximum atomic E-state index is 5.90. The fraction of sp³-hybridized carbons (Fsp3) is 0.786. The molecular weight excluding hydrogens is 258 g/mol. The number of rotatable bonds is 6. The molecule has 19 heavy (non-hydrogen) atoms. The van der Waals surface area contributed by atoms with Crippen molar-refractivity contribution < 1.29 is 4.74 Å². The van der Waals surface area contributed by atoms with Crippen molar-refractivity contribution >= 4 is 11.3 Å². The molecule has 0 amide bonds. The summed E-state index contributed by atoms with van der Waals surface area (Å²) in [6.07, 6.45) is 5.18. The van der Waals surface area contributed by atoms with Gasteiger partial charge < -0.3 is 9.64 Å². The van der Waals surface area contributed by atoms with Crippen molar-refractivity contribution in [2.45, 2.75) is 25.5 Å². The van der Waals surface area contributed by atoms with Gasteiger partial charge in [0.15, 0.2) is 0 Å². The molecule has 0 radical (unpaired) electrons. The quantitative estimate of drug-likeness (QED) is 0.793. The standard InChI is InChI=1S/C14H23N3OS/c1-16-4-5-18-13(8-16)9-17(7-12-2-3-12)10-14-6-15-11-19-14/h6,11-13H,2-5,7-10H2,1H3/t13-/m1/s1. The summed E-state index contributed by atoms with van der Waals surface area (Å²) in [4.78, 5) is 10.5. The van der Waals surface area contributed by atoms with Crippen LogP contribution in [0.25, 0.3) is 0 Å². The van der Waals surface area contributed by atoms with E-state index in [2.05, 4.69) is 21.8 Å². The molecule has 5 heteroatoms. The lowest BCUT2D eigenvalue weighted by Crippen LogP contribution is -2.46. The molecule has 1 saturated carbocycles. The van der Waals surface area contributed by atoms with Crippen LogP contribution in [-0.2, 0) is 11.3 Å². The molecule has 3 rings (SSSR count). The normalized spacial score (nSPS) is 25.1. The number of aromatic nitrogens is 1. The second-order valence-corrected chi connectivity index (χ2v) is 6.83. The van der Waals surface area contributed by atoms with Crippen LogP contribution < -0.4 is 0 Å². The molecule has 0 aromatic carbocycles. The first-order valence-electron chi connectivity index (χ1n) is 7.19. The Morgan fingerprint density at radius 2 is 2.37 bits per heavy atom. The molecule has 0 N–H and O–H groups in total. The summed E-state index contributed by atoms with van der Waals surface area (Å²) in [5.74, 6) is 0.925. The second-order valence-electron chi connectivity index (χ2n) is 5.86. The van der Waals surface area contributed by atoms with E-state index in [1.165, 1.54) is 24.3 Å². The molecule has 1 aliphatic carbocycles. The maximum Gasteiger partial charge on any atom is 0.0829 e. The summed E-state index contributed by atoms with van der Waals surface area (Å²) in [7, 11) is 2.18. The van der Waals surface area contributed by atoms with Crippen LogP contribution in [0.4, 0.5) is 0 Å². The number of nitrogens with zero attached hydrogens (tertiary/aromatic N) is 3. The molecule has 106 valence electrons. The first kappa shape index (κ1) is 13.5. The van der Waals surface area contributed by atoms with Crippen LogP contribution in [0, 0.1) is 5.92 Å². The summed E-state index contributed by atoms with van der Waals surface area (Å²) in [5.41, 5.74) is 1.93. The average Bonchev–Trinajstić information content (AvgIpc) is 3.03. The number of hydrogen-bond donors (Lipinski definition) is 0. The summed E-state index contributed by atoms with van der Waals surface area (Å²) < 4.78 is 5.90. The van der Waals surface area contributed by atoms with E-state index in [0.717, 1.165) is 38.7 Å². The van der Waals surface area contributed by atoms with E-state index in [-0.39, 0.29) is 0 Å². The molecule has 2 fully saturated rings. The van der Waals surface area contributed by atoms with Crippen LogP contribution in [-0.4, -0.2) is 60.7 Å². The minimum absolute atomic E-state index is 0.366. The van der Waals surface area contributed by atoms with E-state index in [1.807, 2.05) is 11.7 Å². The number of morpholine rings is 1. The molecule has 1 aromatic rings. The van der Waals surface area contributed by atoms with Gasteiger partial charge in [-0.1, -0.05) is 0 Å². The molecule has 0 spiro atoms. The Morgan fingerprint density at radius 1 is 1.47 bits per heavy atom. The molecule has 4 nitrogen and oxygen atoms in total. The highest BCUT2D eigenvalue weighted by Crippen LogP contribution is 2.30. The van der Waals surface area contributed by atoms with Crippen LogP contribution in [0.15, 0.2) is 11.7 Å². The molecule has 1 saturated heterocycles. The van der Waals surface area contributed by atoms with Crippen LogP contribution in [0.2, 0.25) is 0 Å². The smallest absolute Gasteiger partial charge is 0.0829 e. The third-order valence-electron chi connectivity index (χ3n) is 3.88. The van der Waals surface area contributed by atoms with Gasteiger partial charge in [0, 0.05) is 43.8 Å². The van der Waals surface area contributed by atoms with Gasteiger partial charge in [-0.15, -0.1) is 11.3 Å². The lowest BCUT2D eigenvalue weighted by Gasteiger charge is -2.33. The van der Waals surface area contributed by atoms with Crippen molar-refractivity contribution in [2.75, 3.05) is 39.8 Å². The fourth-order valence-electron chi connectivity index (χ4n) is 2.68. The highest BCUT2D eigenvalue weighted by Gasteiger charge is 2.27. The first-order valence-corrected chi connectivity index (χ1v) is 8.07. The Bertz CT molecular complexity index is 380. The van der Waals surface area contributed by atoms with Gasteiger partial charge in [0.25, 0.3) is 0 Å². The molecule has 2 heterocycles. The maximum absolute atomic E-state index is 5.90. The van der Waals surface area contributed by atoms with Crippen molar-refractivity contribution in [1.29, 1.82) is 0 Å². The minimum atomic E-state index is 0.366. The summed E-state index contributed by atoms with van der Waals surface area (Å²) in [5, 5.41) is 0. The lowest BCUT2D eigenvalue weighted by atomic mass is 10.2. The molecule has 0 unspecified atom stereocenters. The van der Waals surface area contributed by atoms with Crippen molar-refractivity contribution in [3.05, 3.63) is 16.6 Å². The zero-order valence-electron chi connectivity index (χ0n) is 11.6. The van der Waals surface area contributed by atoms with E-state index in [9.17, 15) is 0 Å². The van der Waals surface area contributed by atoms with E-state index in [1.54, 1.807) is 11.3 Å². The van der Waals surface area contributed by atoms with E-state index < -0.39 is 0 Å². The molecule has 1 aliphatic heterocycles. The molecule has 2 aliphatic rings. The van der Waals surface area contributed by atoms with Crippen molar-refractivity contribution in [1.82, 2.24) is 14.8 Å². The fourth-order valence-corrected chi connectivity index (χ4v) is 3.31. The lowest BCUT2D eigenvalue weighted by molar-refractivity contribution is -0.0371. The predicted octanol–water partition coefficient (Wildman–Crippen LogP) is 1.69. The Labute approximate surface area is 119 Å². The third-order valence-corrected chi connectivity index (χ3v) is 4.64. The zero-order valence-corrected chi connectivity index (χ0v) is 12.4. The van der Waals surface area contributed by atoms with Gasteiger partial charge in [0.05, 0.1) is 18.2 Å². The van der Waals surface area contributed by atoms with Crippen LogP contribution >= 0.6 is 11.3 Å². The molecular formula is C14H23N3OS. The Kier molecular flexibility index (Phi) is 4.48. The number of hydrogen-bond acceptors (Lipinski definition) is 5. The number of ether oxygens (including phenoxy) is 1. The van der Waals surface area contributed by atoms with Gasteiger partial charge in [0.1, 0.15) is 0 Å². The van der Waals surface area contributed by atoms with E-state index >= 15 is 0 Å². The zero-order chi connectivity index (χ0) is 13.1. The third kappa shape index (κ3) is 4.24. The van der Waals surface area contributed by atoms with Gasteiger partial charge in [-0.05, 0) is 25.8 Å². The van der Waals surface area contributed by atoms with Gasteiger partial charge >= 0.3 is 0 Å². The summed E-state index contributed by atoms with van der Waals surface area (Å²) in [6.45, 7) is 6.31. The van der Waals surface area contributed by atoms with Gasteiger partial charge in [-0.25, -0.2) is 0 Å². The van der Waals surface area contributed by atoms with Gasteiger partial charge in [-0.2, -0.15) is 0 Å². The van der Waals surface area contributed by atoms with Crippen molar-refractivity contribution in [2.24, 2.45) is 5.92 Å². The second kappa shape index (κ2) is 6.31. The minimum Gasteiger partial charge on any atom is -0.374 e. The van der Waals surface area contributed by atoms with Crippen LogP contribution in [0.1, 0.15) is 17.7 Å². The summed E-state index contributed by atoms with van der Waals surface area (Å²) in [6, 6.07) is 0. The molecule has 1 atom stereocenters. The van der Waals surface area contributed by atoms with Crippen LogP contribution in [0.3, 0.4) is 0 Å². The highest BCUT2D eigenvalue weighted by molar-refractivity contribution is 7.09. The Morgan fingerprint density at radius 3 is 3.05 bits per heavy atom. The van der Waals surface area contributed by atoms with Crippen LogP contribution in [0.5, 0.6) is 0 Å². The van der Waals surface area contributed by atoms with E-state index in [0.29, 0.717) is 6.10 Å². The Balaban J connectivity index is 1.55. The van der Waals surface area contributed by atoms with Crippen molar-refractivity contribution in [3.63, 3.8) is 0 Å². The Hall–Kier alpha value is -0.490. The summed E-state index contributed by atoms with van der Waals surface area (Å²) >= 11 is 1.76. The largest absolute Gasteiger partial charge is 0.374 e. The number of thiazole rings is 1. The van der Waals surface area contributed by atoms with E-state index in [4.69, 9.17) is 4.74 Å². The SMILES string of the molecule is CN1CCO[C@@H](CN(Cc2cncs2)CC2CC2)C1. The average molecular weight is 281 g/mol. The van der Waals surface area contributed by atoms with Gasteiger partial charge in [0.2, 0.25) is 0 Å². The van der Waals surface area contributed by atoms with Crippen molar-refractivity contribution in [3.8, 4) is 0 Å². The topological polar surface area (TPSA) is 28.6 Å². The van der Waals surface area contributed by atoms with Gasteiger partial charge in [-0.3, -0.25) is 9.88 Å². The first-order chi connectivity index (χ1) is 9.29.